The predicted octanol–water partition coefficient (Wildman–Crippen LogP) is 8.09. The average Bonchev–Trinajstić information content (AvgIpc) is 2.86. The van der Waals surface area contributed by atoms with E-state index in [2.05, 4.69) is 69.3 Å². The van der Waals surface area contributed by atoms with Gasteiger partial charge in [0.2, 0.25) is 0 Å². The van der Waals surface area contributed by atoms with Crippen LogP contribution < -0.4 is 4.74 Å². The third-order valence-corrected chi connectivity index (χ3v) is 11.0. The van der Waals surface area contributed by atoms with Gasteiger partial charge < -0.3 is 13.9 Å². The molecule has 2 aromatic rings. The summed E-state index contributed by atoms with van der Waals surface area (Å²) in [7, 11) is 0.0247. The van der Waals surface area contributed by atoms with E-state index >= 15 is 0 Å². The Morgan fingerprint density at radius 3 is 2.16 bits per heavy atom. The highest BCUT2D eigenvalue weighted by Gasteiger charge is 2.32. The number of hydrogen-bond donors (Lipinski definition) is 0. The minimum Gasteiger partial charge on any atom is -0.497 e. The Labute approximate surface area is 196 Å². The van der Waals surface area contributed by atoms with Crippen molar-refractivity contribution in [1.82, 2.24) is 0 Å². The maximum atomic E-state index is 6.87. The fourth-order valence-electron chi connectivity index (χ4n) is 3.94. The van der Waals surface area contributed by atoms with Crippen LogP contribution >= 0.6 is 0 Å². The van der Waals surface area contributed by atoms with Gasteiger partial charge in [-0.05, 0) is 67.1 Å². The lowest BCUT2D eigenvalue weighted by molar-refractivity contribution is 0.117. The van der Waals surface area contributed by atoms with Crippen molar-refractivity contribution < 1.29 is 13.9 Å². The van der Waals surface area contributed by atoms with E-state index < -0.39 is 8.32 Å². The van der Waals surface area contributed by atoms with E-state index in [0.29, 0.717) is 6.61 Å². The molecule has 0 aromatic heterocycles. The first-order valence-corrected chi connectivity index (χ1v) is 14.8. The van der Waals surface area contributed by atoms with E-state index in [0.717, 1.165) is 38.0 Å². The van der Waals surface area contributed by atoms with Crippen molar-refractivity contribution in [2.45, 2.75) is 77.3 Å². The van der Waals surface area contributed by atoms with E-state index in [1.807, 2.05) is 18.2 Å². The van der Waals surface area contributed by atoms with E-state index in [1.54, 1.807) is 7.11 Å². The van der Waals surface area contributed by atoms with Crippen molar-refractivity contribution >= 4 is 8.32 Å². The molecular formula is C28H42O3Si. The van der Waals surface area contributed by atoms with Crippen LogP contribution in [0.2, 0.25) is 18.1 Å². The average molecular weight is 455 g/mol. The topological polar surface area (TPSA) is 27.7 Å². The lowest BCUT2D eigenvalue weighted by Crippen LogP contribution is -2.37. The van der Waals surface area contributed by atoms with Gasteiger partial charge in [-0.2, -0.15) is 0 Å². The number of benzene rings is 2. The van der Waals surface area contributed by atoms with Gasteiger partial charge in [0.1, 0.15) is 5.75 Å². The number of unbranched alkanes of at least 4 members (excludes halogenated alkanes) is 2. The number of rotatable bonds is 16. The van der Waals surface area contributed by atoms with Crippen molar-refractivity contribution in [2.75, 3.05) is 13.7 Å². The fraction of sp³-hybridized carbons (Fsp3) is 0.500. The largest absolute Gasteiger partial charge is 0.497 e. The SMILES string of the molecule is CC[Si](CC)(CC)OC(C/C=C/CCCCOCc1ccccc1)c1ccc(OC)cc1. The molecule has 3 nitrogen and oxygen atoms in total. The molecule has 0 saturated heterocycles. The summed E-state index contributed by atoms with van der Waals surface area (Å²) in [5, 5.41) is 0. The standard InChI is InChI=1S/C28H42O3Si/c1-5-32(6-2,7-3)31-28(26-19-21-27(29-4)22-20-26)18-14-9-8-10-15-23-30-24-25-16-12-11-13-17-25/h9,11-14,16-17,19-22,28H,5-8,10,15,18,23-24H2,1-4H3/b14-9+. The molecule has 2 aromatic carbocycles. The summed E-state index contributed by atoms with van der Waals surface area (Å²) < 4.78 is 18.0. The molecule has 0 aliphatic carbocycles. The second kappa shape index (κ2) is 15.0. The molecule has 0 fully saturated rings. The Kier molecular flexibility index (Phi) is 12.4. The molecule has 0 heterocycles. The van der Waals surface area contributed by atoms with Gasteiger partial charge >= 0.3 is 0 Å². The lowest BCUT2D eigenvalue weighted by atomic mass is 10.1. The number of allylic oxidation sites excluding steroid dienone is 1. The molecule has 32 heavy (non-hydrogen) atoms. The second-order valence-corrected chi connectivity index (χ2v) is 13.1. The molecule has 4 heteroatoms. The van der Waals surface area contributed by atoms with Crippen molar-refractivity contribution in [3.05, 3.63) is 77.9 Å². The van der Waals surface area contributed by atoms with Gasteiger partial charge in [-0.25, -0.2) is 0 Å². The Morgan fingerprint density at radius 1 is 0.844 bits per heavy atom. The highest BCUT2D eigenvalue weighted by molar-refractivity contribution is 6.73. The first kappa shape index (κ1) is 26.4. The van der Waals surface area contributed by atoms with Gasteiger partial charge in [-0.15, -0.1) is 0 Å². The molecule has 176 valence electrons. The monoisotopic (exact) mass is 454 g/mol. The molecule has 0 N–H and O–H groups in total. The molecule has 0 bridgehead atoms. The van der Waals surface area contributed by atoms with Crippen molar-refractivity contribution in [1.29, 1.82) is 0 Å². The predicted molar refractivity (Wildman–Crippen MR) is 138 cm³/mol. The summed E-state index contributed by atoms with van der Waals surface area (Å²) >= 11 is 0. The first-order chi connectivity index (χ1) is 15.7. The van der Waals surface area contributed by atoms with Gasteiger partial charge in [0.05, 0.1) is 19.8 Å². The van der Waals surface area contributed by atoms with Gasteiger partial charge in [0, 0.05) is 6.61 Å². The molecule has 0 radical (unpaired) electrons. The van der Waals surface area contributed by atoms with E-state index in [1.165, 1.54) is 29.3 Å². The summed E-state index contributed by atoms with van der Waals surface area (Å²) in [5.74, 6) is 0.891. The van der Waals surface area contributed by atoms with Crippen LogP contribution in [0.5, 0.6) is 5.75 Å². The minimum atomic E-state index is -1.69. The van der Waals surface area contributed by atoms with Crippen LogP contribution in [0.15, 0.2) is 66.7 Å². The molecule has 0 aliphatic rings. The molecule has 2 rings (SSSR count). The highest BCUT2D eigenvalue weighted by Crippen LogP contribution is 2.32. The molecule has 0 amide bonds. The summed E-state index contributed by atoms with van der Waals surface area (Å²) in [5.41, 5.74) is 2.49. The maximum absolute atomic E-state index is 6.87. The third-order valence-electron chi connectivity index (χ3n) is 6.35. The van der Waals surface area contributed by atoms with Crippen LogP contribution in [0.1, 0.15) is 63.7 Å². The van der Waals surface area contributed by atoms with E-state index in [-0.39, 0.29) is 6.10 Å². The molecule has 0 saturated carbocycles. The number of methoxy groups -OCH3 is 1. The van der Waals surface area contributed by atoms with Crippen LogP contribution in [0.4, 0.5) is 0 Å². The van der Waals surface area contributed by atoms with Crippen LogP contribution in [0.25, 0.3) is 0 Å². The second-order valence-electron chi connectivity index (χ2n) is 8.36. The van der Waals surface area contributed by atoms with Gasteiger partial charge in [-0.1, -0.05) is 75.4 Å². The van der Waals surface area contributed by atoms with Gasteiger partial charge in [-0.3, -0.25) is 0 Å². The summed E-state index contributed by atoms with van der Waals surface area (Å²) in [6.07, 6.45) is 8.99. The molecule has 1 atom stereocenters. The Balaban J connectivity index is 1.81. The van der Waals surface area contributed by atoms with E-state index in [9.17, 15) is 0 Å². The smallest absolute Gasteiger partial charge is 0.192 e. The van der Waals surface area contributed by atoms with Crippen molar-refractivity contribution in [2.24, 2.45) is 0 Å². The lowest BCUT2D eigenvalue weighted by Gasteiger charge is -2.33. The van der Waals surface area contributed by atoms with Crippen LogP contribution in [-0.2, 0) is 15.8 Å². The summed E-state index contributed by atoms with van der Waals surface area (Å²) in [4.78, 5) is 0. The molecular weight excluding hydrogens is 412 g/mol. The maximum Gasteiger partial charge on any atom is 0.192 e. The quantitative estimate of drug-likeness (QED) is 0.146. The Bertz CT molecular complexity index is 746. The Hall–Kier alpha value is -1.88. The zero-order valence-corrected chi connectivity index (χ0v) is 21.5. The minimum absolute atomic E-state index is 0.123. The fourth-order valence-corrected chi connectivity index (χ4v) is 6.78. The summed E-state index contributed by atoms with van der Waals surface area (Å²) in [6.45, 7) is 8.40. The summed E-state index contributed by atoms with van der Waals surface area (Å²) in [6, 6.07) is 22.3. The Morgan fingerprint density at radius 2 is 1.53 bits per heavy atom. The van der Waals surface area contributed by atoms with Gasteiger partial charge in [0.15, 0.2) is 8.32 Å². The zero-order chi connectivity index (χ0) is 23.1. The van der Waals surface area contributed by atoms with Crippen molar-refractivity contribution in [3.8, 4) is 5.75 Å². The van der Waals surface area contributed by atoms with Crippen molar-refractivity contribution in [3.63, 3.8) is 0 Å². The third kappa shape index (κ3) is 8.93. The highest BCUT2D eigenvalue weighted by atomic mass is 28.4. The molecule has 0 aliphatic heterocycles. The van der Waals surface area contributed by atoms with Crippen LogP contribution in [0, 0.1) is 0 Å². The zero-order valence-electron chi connectivity index (χ0n) is 20.5. The first-order valence-electron chi connectivity index (χ1n) is 12.2. The number of hydrogen-bond acceptors (Lipinski definition) is 3. The van der Waals surface area contributed by atoms with Crippen LogP contribution in [0.3, 0.4) is 0 Å². The van der Waals surface area contributed by atoms with E-state index in [4.69, 9.17) is 13.9 Å². The van der Waals surface area contributed by atoms with Crippen LogP contribution in [-0.4, -0.2) is 22.0 Å². The normalized spacial score (nSPS) is 12.9. The van der Waals surface area contributed by atoms with Gasteiger partial charge in [0.25, 0.3) is 0 Å². The number of ether oxygens (including phenoxy) is 2. The molecule has 0 spiro atoms. The molecule has 1 unspecified atom stereocenters.